The third-order valence-corrected chi connectivity index (χ3v) is 4.94. The standard InChI is InChI=1S/C18H19F2N5O/c19-14-4-11(5-15(20)13(14)8-26)12-6-16(10-2-1-3-22-7-10)25-17(12)18(21)23-9-24-25/h4-6,9-10,22,26H,1-3,7-8H2,(H2,21,23,24)/t10-/m0/s1. The number of aliphatic hydroxyl groups is 1. The van der Waals surface area contributed by atoms with Crippen molar-refractivity contribution in [1.82, 2.24) is 19.9 Å². The maximum Gasteiger partial charge on any atom is 0.151 e. The highest BCUT2D eigenvalue weighted by Crippen LogP contribution is 2.36. The summed E-state index contributed by atoms with van der Waals surface area (Å²) in [5.74, 6) is -1.11. The van der Waals surface area contributed by atoms with Crippen LogP contribution in [0.25, 0.3) is 16.6 Å². The molecule has 2 aromatic heterocycles. The van der Waals surface area contributed by atoms with E-state index in [1.165, 1.54) is 18.5 Å². The first-order valence-corrected chi connectivity index (χ1v) is 8.52. The van der Waals surface area contributed by atoms with Crippen LogP contribution in [0.1, 0.15) is 30.0 Å². The molecule has 1 aromatic carbocycles. The van der Waals surface area contributed by atoms with Gasteiger partial charge in [0.05, 0.1) is 6.61 Å². The van der Waals surface area contributed by atoms with Gasteiger partial charge in [-0.25, -0.2) is 18.3 Å². The van der Waals surface area contributed by atoms with Crippen LogP contribution in [-0.2, 0) is 6.61 Å². The Hall–Kier alpha value is -2.58. The summed E-state index contributed by atoms with van der Waals surface area (Å²) in [5, 5.41) is 16.8. The summed E-state index contributed by atoms with van der Waals surface area (Å²) in [4.78, 5) is 4.03. The number of hydrogen-bond acceptors (Lipinski definition) is 5. The van der Waals surface area contributed by atoms with Gasteiger partial charge >= 0.3 is 0 Å². The Labute approximate surface area is 148 Å². The molecule has 4 rings (SSSR count). The van der Waals surface area contributed by atoms with Crippen molar-refractivity contribution in [3.63, 3.8) is 0 Å². The number of anilines is 1. The second kappa shape index (κ2) is 6.62. The molecule has 1 fully saturated rings. The Morgan fingerprint density at radius 1 is 1.27 bits per heavy atom. The highest BCUT2D eigenvalue weighted by molar-refractivity contribution is 5.88. The number of piperidine rings is 1. The van der Waals surface area contributed by atoms with Crippen molar-refractivity contribution in [1.29, 1.82) is 0 Å². The van der Waals surface area contributed by atoms with Crippen molar-refractivity contribution in [3.05, 3.63) is 47.4 Å². The first kappa shape index (κ1) is 16.9. The maximum absolute atomic E-state index is 14.2. The molecule has 0 bridgehead atoms. The average Bonchev–Trinajstić information content (AvgIpc) is 3.03. The zero-order valence-electron chi connectivity index (χ0n) is 14.0. The zero-order chi connectivity index (χ0) is 18.3. The van der Waals surface area contributed by atoms with Crippen molar-refractivity contribution in [2.24, 2.45) is 0 Å². The Kier molecular flexibility index (Phi) is 4.29. The molecule has 4 N–H and O–H groups in total. The molecule has 136 valence electrons. The molecule has 26 heavy (non-hydrogen) atoms. The quantitative estimate of drug-likeness (QED) is 0.667. The normalized spacial score (nSPS) is 17.7. The molecule has 1 atom stereocenters. The molecule has 1 saturated heterocycles. The van der Waals surface area contributed by atoms with E-state index in [9.17, 15) is 8.78 Å². The van der Waals surface area contributed by atoms with E-state index in [4.69, 9.17) is 10.8 Å². The lowest BCUT2D eigenvalue weighted by atomic mass is 9.95. The Morgan fingerprint density at radius 2 is 2.04 bits per heavy atom. The highest BCUT2D eigenvalue weighted by Gasteiger charge is 2.24. The van der Waals surface area contributed by atoms with Gasteiger partial charge in [-0.2, -0.15) is 5.10 Å². The fourth-order valence-corrected chi connectivity index (χ4v) is 3.62. The van der Waals surface area contributed by atoms with Crippen molar-refractivity contribution in [2.75, 3.05) is 18.8 Å². The Bertz CT molecular complexity index is 943. The van der Waals surface area contributed by atoms with Crippen LogP contribution in [0.15, 0.2) is 24.5 Å². The lowest BCUT2D eigenvalue weighted by Gasteiger charge is -2.22. The second-order valence-electron chi connectivity index (χ2n) is 6.51. The predicted octanol–water partition coefficient (Wildman–Crippen LogP) is 2.22. The summed E-state index contributed by atoms with van der Waals surface area (Å²) < 4.78 is 30.1. The molecule has 0 amide bonds. The van der Waals surface area contributed by atoms with E-state index in [1.807, 2.05) is 6.07 Å². The van der Waals surface area contributed by atoms with E-state index in [0.29, 0.717) is 16.6 Å². The number of benzene rings is 1. The molecule has 0 aliphatic carbocycles. The van der Waals surface area contributed by atoms with Crippen molar-refractivity contribution >= 4 is 11.3 Å². The Morgan fingerprint density at radius 3 is 2.69 bits per heavy atom. The number of fused-ring (bicyclic) bond motifs is 1. The number of nitrogens with zero attached hydrogens (tertiary/aromatic N) is 3. The van der Waals surface area contributed by atoms with Crippen molar-refractivity contribution < 1.29 is 13.9 Å². The first-order chi connectivity index (χ1) is 12.6. The average molecular weight is 359 g/mol. The van der Waals surface area contributed by atoms with Crippen LogP contribution in [-0.4, -0.2) is 32.8 Å². The monoisotopic (exact) mass is 359 g/mol. The minimum atomic E-state index is -0.793. The molecule has 0 saturated carbocycles. The molecule has 3 aromatic rings. The second-order valence-corrected chi connectivity index (χ2v) is 6.51. The number of aromatic nitrogens is 3. The van der Waals surface area contributed by atoms with Gasteiger partial charge in [0, 0.05) is 29.3 Å². The van der Waals surface area contributed by atoms with Crippen LogP contribution in [0, 0.1) is 11.6 Å². The summed E-state index contributed by atoms with van der Waals surface area (Å²) in [5.41, 5.74) is 8.08. The smallest absolute Gasteiger partial charge is 0.151 e. The molecule has 6 nitrogen and oxygen atoms in total. The van der Waals surface area contributed by atoms with Crippen LogP contribution in [0.5, 0.6) is 0 Å². The maximum atomic E-state index is 14.2. The molecule has 1 aliphatic rings. The number of nitrogen functional groups attached to an aromatic ring is 1. The van der Waals surface area contributed by atoms with Gasteiger partial charge < -0.3 is 16.2 Å². The van der Waals surface area contributed by atoms with Gasteiger partial charge in [0.15, 0.2) is 5.82 Å². The fourth-order valence-electron chi connectivity index (χ4n) is 3.62. The zero-order valence-corrected chi connectivity index (χ0v) is 14.0. The van der Waals surface area contributed by atoms with Gasteiger partial charge in [0.25, 0.3) is 0 Å². The van der Waals surface area contributed by atoms with Crippen LogP contribution >= 0.6 is 0 Å². The predicted molar refractivity (Wildman–Crippen MR) is 93.5 cm³/mol. The number of nitrogens with one attached hydrogen (secondary N) is 1. The Balaban J connectivity index is 1.93. The van der Waals surface area contributed by atoms with E-state index in [2.05, 4.69) is 15.4 Å². The van der Waals surface area contributed by atoms with Crippen LogP contribution in [0.2, 0.25) is 0 Å². The number of rotatable bonds is 3. The minimum Gasteiger partial charge on any atom is -0.391 e. The summed E-state index contributed by atoms with van der Waals surface area (Å²) in [7, 11) is 0. The first-order valence-electron chi connectivity index (χ1n) is 8.52. The number of nitrogens with two attached hydrogens (primary N) is 1. The van der Waals surface area contributed by atoms with E-state index in [-0.39, 0.29) is 17.3 Å². The third-order valence-electron chi connectivity index (χ3n) is 4.94. The molecule has 0 radical (unpaired) electrons. The van der Waals surface area contributed by atoms with Gasteiger partial charge in [0.1, 0.15) is 23.5 Å². The summed E-state index contributed by atoms with van der Waals surface area (Å²) in [6.07, 6.45) is 3.42. The molecule has 1 aliphatic heterocycles. The number of halogens is 2. The summed E-state index contributed by atoms with van der Waals surface area (Å²) >= 11 is 0. The molecule has 0 spiro atoms. The van der Waals surface area contributed by atoms with Gasteiger partial charge in [0.2, 0.25) is 0 Å². The molecular formula is C18H19F2N5O. The SMILES string of the molecule is Nc1ncnn2c([C@H]3CCCNC3)cc(-c3cc(F)c(CO)c(F)c3)c12. The van der Waals surface area contributed by atoms with Crippen LogP contribution in [0.4, 0.5) is 14.6 Å². The lowest BCUT2D eigenvalue weighted by molar-refractivity contribution is 0.269. The van der Waals surface area contributed by atoms with Gasteiger partial charge in [-0.1, -0.05) is 0 Å². The van der Waals surface area contributed by atoms with E-state index in [1.54, 1.807) is 4.52 Å². The van der Waals surface area contributed by atoms with Gasteiger partial charge in [-0.05, 0) is 43.1 Å². The largest absolute Gasteiger partial charge is 0.391 e. The third kappa shape index (κ3) is 2.71. The molecule has 3 heterocycles. The van der Waals surface area contributed by atoms with Gasteiger partial charge in [-0.3, -0.25) is 0 Å². The van der Waals surface area contributed by atoms with Gasteiger partial charge in [-0.15, -0.1) is 0 Å². The van der Waals surface area contributed by atoms with Crippen LogP contribution < -0.4 is 11.1 Å². The van der Waals surface area contributed by atoms with E-state index >= 15 is 0 Å². The minimum absolute atomic E-state index is 0.228. The number of hydrogen-bond donors (Lipinski definition) is 3. The lowest BCUT2D eigenvalue weighted by Crippen LogP contribution is -2.29. The topological polar surface area (TPSA) is 88.5 Å². The highest BCUT2D eigenvalue weighted by atomic mass is 19.1. The molecule has 0 unspecified atom stereocenters. The van der Waals surface area contributed by atoms with Crippen molar-refractivity contribution in [3.8, 4) is 11.1 Å². The number of aliphatic hydroxyl groups excluding tert-OH is 1. The summed E-state index contributed by atoms with van der Waals surface area (Å²) in [6, 6.07) is 4.30. The van der Waals surface area contributed by atoms with E-state index < -0.39 is 18.2 Å². The molecular weight excluding hydrogens is 340 g/mol. The van der Waals surface area contributed by atoms with Crippen molar-refractivity contribution in [2.45, 2.75) is 25.4 Å². The van der Waals surface area contributed by atoms with Crippen LogP contribution in [0.3, 0.4) is 0 Å². The summed E-state index contributed by atoms with van der Waals surface area (Å²) in [6.45, 7) is 1.09. The van der Waals surface area contributed by atoms with E-state index in [0.717, 1.165) is 31.6 Å². The fraction of sp³-hybridized carbons (Fsp3) is 0.333. The molecule has 8 heteroatoms.